The molecule has 6 heteroatoms. The normalized spacial score (nSPS) is 11.0. The van der Waals surface area contributed by atoms with Crippen LogP contribution in [0.2, 0.25) is 0 Å². The number of hydrogen-bond donors (Lipinski definition) is 0. The predicted octanol–water partition coefficient (Wildman–Crippen LogP) is 3.68. The van der Waals surface area contributed by atoms with E-state index in [4.69, 9.17) is 8.94 Å². The lowest BCUT2D eigenvalue weighted by atomic mass is 10.1. The van der Waals surface area contributed by atoms with Crippen molar-refractivity contribution < 1.29 is 13.7 Å². The van der Waals surface area contributed by atoms with Crippen LogP contribution in [-0.4, -0.2) is 28.0 Å². The van der Waals surface area contributed by atoms with Crippen molar-refractivity contribution in [3.63, 3.8) is 0 Å². The van der Waals surface area contributed by atoms with Crippen molar-refractivity contribution >= 4 is 17.0 Å². The van der Waals surface area contributed by atoms with Crippen molar-refractivity contribution in [3.05, 3.63) is 72.3 Å². The molecule has 1 amide bonds. The van der Waals surface area contributed by atoms with E-state index in [2.05, 4.69) is 10.1 Å². The molecule has 4 aromatic rings. The van der Waals surface area contributed by atoms with Crippen molar-refractivity contribution in [1.29, 1.82) is 0 Å². The van der Waals surface area contributed by atoms with Gasteiger partial charge in [-0.05, 0) is 12.1 Å². The molecular formula is C20H17N3O3. The highest BCUT2D eigenvalue weighted by molar-refractivity contribution is 5.79. The van der Waals surface area contributed by atoms with Crippen molar-refractivity contribution in [2.45, 2.75) is 13.0 Å². The number of likely N-dealkylation sites (N-methyl/N-ethyl adjacent to an activating group) is 1. The Labute approximate surface area is 150 Å². The van der Waals surface area contributed by atoms with E-state index in [0.29, 0.717) is 23.8 Å². The molecule has 26 heavy (non-hydrogen) atoms. The summed E-state index contributed by atoms with van der Waals surface area (Å²) < 4.78 is 11.0. The quantitative estimate of drug-likeness (QED) is 0.551. The Hall–Kier alpha value is -3.41. The molecule has 6 nitrogen and oxygen atoms in total. The molecule has 2 heterocycles. The van der Waals surface area contributed by atoms with Gasteiger partial charge in [0, 0.05) is 18.7 Å². The van der Waals surface area contributed by atoms with E-state index in [1.807, 2.05) is 60.7 Å². The van der Waals surface area contributed by atoms with Crippen molar-refractivity contribution in [2.75, 3.05) is 7.05 Å². The third-order valence-electron chi connectivity index (χ3n) is 4.09. The zero-order valence-corrected chi connectivity index (χ0v) is 14.3. The lowest BCUT2D eigenvalue weighted by Crippen LogP contribution is -2.27. The summed E-state index contributed by atoms with van der Waals surface area (Å²) in [5.41, 5.74) is 3.16. The monoisotopic (exact) mass is 347 g/mol. The van der Waals surface area contributed by atoms with Gasteiger partial charge in [-0.25, -0.2) is 4.98 Å². The van der Waals surface area contributed by atoms with E-state index in [1.165, 1.54) is 0 Å². The zero-order chi connectivity index (χ0) is 17.9. The van der Waals surface area contributed by atoms with Crippen LogP contribution in [0.4, 0.5) is 0 Å². The molecule has 4 rings (SSSR count). The van der Waals surface area contributed by atoms with Gasteiger partial charge < -0.3 is 13.8 Å². The second kappa shape index (κ2) is 6.84. The number of hydrogen-bond acceptors (Lipinski definition) is 5. The highest BCUT2D eigenvalue weighted by Gasteiger charge is 2.16. The van der Waals surface area contributed by atoms with Crippen LogP contribution in [0.1, 0.15) is 11.7 Å². The molecule has 2 aromatic carbocycles. The Bertz CT molecular complexity index is 1000. The van der Waals surface area contributed by atoms with Gasteiger partial charge in [0.1, 0.15) is 17.6 Å². The van der Waals surface area contributed by atoms with Crippen molar-refractivity contribution in [3.8, 4) is 11.3 Å². The molecule has 0 aliphatic heterocycles. The largest absolute Gasteiger partial charge is 0.440 e. The highest BCUT2D eigenvalue weighted by Crippen LogP contribution is 2.20. The second-order valence-corrected chi connectivity index (χ2v) is 6.05. The Morgan fingerprint density at radius 2 is 1.85 bits per heavy atom. The van der Waals surface area contributed by atoms with Gasteiger partial charge in [0.05, 0.1) is 6.54 Å². The minimum Gasteiger partial charge on any atom is -0.440 e. The number of para-hydroxylation sites is 2. The molecule has 0 unspecified atom stereocenters. The first-order chi connectivity index (χ1) is 12.7. The van der Waals surface area contributed by atoms with Crippen LogP contribution in [0.5, 0.6) is 0 Å². The molecule has 0 fully saturated rings. The summed E-state index contributed by atoms with van der Waals surface area (Å²) in [6.45, 7) is 0.332. The first-order valence-corrected chi connectivity index (χ1v) is 8.28. The molecule has 0 saturated heterocycles. The number of benzene rings is 2. The number of oxazole rings is 1. The molecule has 0 N–H and O–H groups in total. The van der Waals surface area contributed by atoms with E-state index >= 15 is 0 Å². The first kappa shape index (κ1) is 16.1. The summed E-state index contributed by atoms with van der Waals surface area (Å²) in [5.74, 6) is 0.928. The zero-order valence-electron chi connectivity index (χ0n) is 14.3. The highest BCUT2D eigenvalue weighted by atomic mass is 16.5. The maximum atomic E-state index is 12.4. The molecule has 2 aromatic heterocycles. The number of nitrogens with zero attached hydrogens (tertiary/aromatic N) is 3. The average molecular weight is 347 g/mol. The summed E-state index contributed by atoms with van der Waals surface area (Å²) in [6, 6.07) is 19.1. The molecule has 130 valence electrons. The van der Waals surface area contributed by atoms with Gasteiger partial charge in [0.15, 0.2) is 11.3 Å². The fourth-order valence-corrected chi connectivity index (χ4v) is 2.71. The van der Waals surface area contributed by atoms with Gasteiger partial charge >= 0.3 is 0 Å². The molecule has 0 bridgehead atoms. The number of aromatic nitrogens is 2. The van der Waals surface area contributed by atoms with Gasteiger partial charge in [-0.1, -0.05) is 47.6 Å². The van der Waals surface area contributed by atoms with Crippen LogP contribution in [-0.2, 0) is 17.8 Å². The molecule has 0 atom stereocenters. The van der Waals surface area contributed by atoms with Gasteiger partial charge in [-0.15, -0.1) is 0 Å². The van der Waals surface area contributed by atoms with E-state index in [-0.39, 0.29) is 12.3 Å². The minimum absolute atomic E-state index is 0.102. The number of amides is 1. The third-order valence-corrected chi connectivity index (χ3v) is 4.09. The first-order valence-electron chi connectivity index (χ1n) is 8.28. The minimum atomic E-state index is -0.103. The molecule has 0 spiro atoms. The standard InChI is InChI=1S/C20H17N3O3/c1-23(13-15-11-17(22-26-15)14-7-3-2-4-8-14)20(24)12-19-21-16-9-5-6-10-18(16)25-19/h2-11H,12-13H2,1H3. The Balaban J connectivity index is 1.42. The van der Waals surface area contributed by atoms with Gasteiger partial charge in [-0.2, -0.15) is 0 Å². The molecule has 0 aliphatic rings. The van der Waals surface area contributed by atoms with E-state index in [1.54, 1.807) is 11.9 Å². The molecule has 0 saturated carbocycles. The van der Waals surface area contributed by atoms with Crippen LogP contribution in [0.25, 0.3) is 22.4 Å². The number of rotatable bonds is 5. The maximum Gasteiger partial charge on any atom is 0.232 e. The molecule has 0 aliphatic carbocycles. The lowest BCUT2D eigenvalue weighted by Gasteiger charge is -2.13. The van der Waals surface area contributed by atoms with Gasteiger partial charge in [0.2, 0.25) is 11.8 Å². The topological polar surface area (TPSA) is 72.4 Å². The Morgan fingerprint density at radius 1 is 1.08 bits per heavy atom. The van der Waals surface area contributed by atoms with Crippen LogP contribution in [0, 0.1) is 0 Å². The predicted molar refractivity (Wildman–Crippen MR) is 96.1 cm³/mol. The van der Waals surface area contributed by atoms with Gasteiger partial charge in [-0.3, -0.25) is 4.79 Å². The maximum absolute atomic E-state index is 12.4. The van der Waals surface area contributed by atoms with Crippen LogP contribution >= 0.6 is 0 Å². The summed E-state index contributed by atoms with van der Waals surface area (Å²) in [4.78, 5) is 18.3. The van der Waals surface area contributed by atoms with Crippen LogP contribution in [0.15, 0.2) is 69.6 Å². The summed E-state index contributed by atoms with van der Waals surface area (Å²) >= 11 is 0. The van der Waals surface area contributed by atoms with Crippen LogP contribution < -0.4 is 0 Å². The SMILES string of the molecule is CN(Cc1cc(-c2ccccc2)no1)C(=O)Cc1nc2ccccc2o1. The van der Waals surface area contributed by atoms with Gasteiger partial charge in [0.25, 0.3) is 0 Å². The van der Waals surface area contributed by atoms with Crippen LogP contribution in [0.3, 0.4) is 0 Å². The second-order valence-electron chi connectivity index (χ2n) is 6.05. The molecule has 0 radical (unpaired) electrons. The number of carbonyl (C=O) groups is 1. The fraction of sp³-hybridized carbons (Fsp3) is 0.150. The lowest BCUT2D eigenvalue weighted by molar-refractivity contribution is -0.130. The molecular weight excluding hydrogens is 330 g/mol. The average Bonchev–Trinajstić information content (AvgIpc) is 3.28. The summed E-state index contributed by atoms with van der Waals surface area (Å²) in [6.07, 6.45) is 0.102. The number of fused-ring (bicyclic) bond motifs is 1. The summed E-state index contributed by atoms with van der Waals surface area (Å²) in [5, 5.41) is 4.07. The van der Waals surface area contributed by atoms with Crippen molar-refractivity contribution in [1.82, 2.24) is 15.0 Å². The van der Waals surface area contributed by atoms with Crippen molar-refractivity contribution in [2.24, 2.45) is 0 Å². The fourth-order valence-electron chi connectivity index (χ4n) is 2.71. The van der Waals surface area contributed by atoms with E-state index in [9.17, 15) is 4.79 Å². The third kappa shape index (κ3) is 3.35. The summed E-state index contributed by atoms with van der Waals surface area (Å²) in [7, 11) is 1.72. The Morgan fingerprint density at radius 3 is 2.65 bits per heavy atom. The smallest absolute Gasteiger partial charge is 0.232 e. The Kier molecular flexibility index (Phi) is 4.23. The van der Waals surface area contributed by atoms with E-state index < -0.39 is 0 Å². The van der Waals surface area contributed by atoms with E-state index in [0.717, 1.165) is 16.8 Å². The number of carbonyl (C=O) groups excluding carboxylic acids is 1.